The van der Waals surface area contributed by atoms with Crippen LogP contribution in [0.25, 0.3) is 0 Å². The molecule has 1 amide bonds. The Bertz CT molecular complexity index is 503. The Hall–Kier alpha value is -2.22. The SMILES string of the molecule is COC(=O)c1nccc(NCCC(=O)N2CCOCC2)n1. The van der Waals surface area contributed by atoms with Gasteiger partial charge in [0.15, 0.2) is 0 Å². The van der Waals surface area contributed by atoms with E-state index in [4.69, 9.17) is 4.74 Å². The lowest BCUT2D eigenvalue weighted by Gasteiger charge is -2.26. The molecule has 0 radical (unpaired) electrons. The standard InChI is InChI=1S/C13H18N4O4/c1-20-13(19)12-15-4-2-10(16-12)14-5-3-11(18)17-6-8-21-9-7-17/h2,4H,3,5-9H2,1H3,(H,14,15,16). The van der Waals surface area contributed by atoms with Crippen LogP contribution < -0.4 is 5.32 Å². The number of carbonyl (C=O) groups is 2. The number of amides is 1. The molecule has 1 aromatic rings. The Morgan fingerprint density at radius 3 is 2.90 bits per heavy atom. The number of carbonyl (C=O) groups excluding carboxylic acids is 2. The largest absolute Gasteiger partial charge is 0.463 e. The molecule has 2 heterocycles. The maximum Gasteiger partial charge on any atom is 0.376 e. The summed E-state index contributed by atoms with van der Waals surface area (Å²) < 4.78 is 9.75. The van der Waals surface area contributed by atoms with Crippen LogP contribution in [0.1, 0.15) is 17.0 Å². The molecular formula is C13H18N4O4. The molecule has 0 aromatic carbocycles. The van der Waals surface area contributed by atoms with E-state index in [1.54, 1.807) is 11.0 Å². The van der Waals surface area contributed by atoms with E-state index in [-0.39, 0.29) is 11.7 Å². The van der Waals surface area contributed by atoms with E-state index >= 15 is 0 Å². The number of anilines is 1. The van der Waals surface area contributed by atoms with Gasteiger partial charge in [-0.15, -0.1) is 0 Å². The predicted octanol–water partition coefficient (Wildman–Crippen LogP) is -0.0760. The molecule has 0 bridgehead atoms. The summed E-state index contributed by atoms with van der Waals surface area (Å²) >= 11 is 0. The molecule has 1 fully saturated rings. The van der Waals surface area contributed by atoms with E-state index in [9.17, 15) is 9.59 Å². The van der Waals surface area contributed by atoms with Gasteiger partial charge in [-0.05, 0) is 6.07 Å². The van der Waals surface area contributed by atoms with Gasteiger partial charge in [0.25, 0.3) is 0 Å². The van der Waals surface area contributed by atoms with Crippen LogP contribution in [-0.4, -0.2) is 66.7 Å². The minimum Gasteiger partial charge on any atom is -0.463 e. The second-order valence-corrected chi connectivity index (χ2v) is 4.43. The molecule has 8 heteroatoms. The number of hydrogen-bond donors (Lipinski definition) is 1. The first kappa shape index (κ1) is 15.2. The molecule has 1 aromatic heterocycles. The summed E-state index contributed by atoms with van der Waals surface area (Å²) in [5, 5.41) is 3.00. The smallest absolute Gasteiger partial charge is 0.376 e. The minimum absolute atomic E-state index is 0.0120. The molecule has 8 nitrogen and oxygen atoms in total. The van der Waals surface area contributed by atoms with Crippen LogP contribution in [0.2, 0.25) is 0 Å². The molecule has 0 atom stereocenters. The molecular weight excluding hydrogens is 276 g/mol. The first-order chi connectivity index (χ1) is 10.2. The fourth-order valence-electron chi connectivity index (χ4n) is 1.92. The van der Waals surface area contributed by atoms with Gasteiger partial charge in [-0.2, -0.15) is 0 Å². The van der Waals surface area contributed by atoms with Crippen molar-refractivity contribution in [2.24, 2.45) is 0 Å². The molecule has 114 valence electrons. The highest BCUT2D eigenvalue weighted by atomic mass is 16.5. The molecule has 1 saturated heterocycles. The van der Waals surface area contributed by atoms with E-state index in [2.05, 4.69) is 20.0 Å². The maximum absolute atomic E-state index is 11.9. The van der Waals surface area contributed by atoms with Gasteiger partial charge in [0.2, 0.25) is 11.7 Å². The van der Waals surface area contributed by atoms with Gasteiger partial charge in [0, 0.05) is 32.3 Å². The molecule has 0 saturated carbocycles. The summed E-state index contributed by atoms with van der Waals surface area (Å²) in [7, 11) is 1.27. The van der Waals surface area contributed by atoms with Gasteiger partial charge in [-0.25, -0.2) is 14.8 Å². The summed E-state index contributed by atoms with van der Waals surface area (Å²) in [6, 6.07) is 1.63. The van der Waals surface area contributed by atoms with Crippen molar-refractivity contribution in [2.45, 2.75) is 6.42 Å². The molecule has 0 unspecified atom stereocenters. The fraction of sp³-hybridized carbons (Fsp3) is 0.538. The lowest BCUT2D eigenvalue weighted by Crippen LogP contribution is -2.41. The van der Waals surface area contributed by atoms with Crippen molar-refractivity contribution in [1.82, 2.24) is 14.9 Å². The van der Waals surface area contributed by atoms with Gasteiger partial charge in [-0.1, -0.05) is 0 Å². The van der Waals surface area contributed by atoms with Crippen LogP contribution >= 0.6 is 0 Å². The van der Waals surface area contributed by atoms with Crippen LogP contribution in [0.5, 0.6) is 0 Å². The van der Waals surface area contributed by atoms with Gasteiger partial charge in [0.1, 0.15) is 5.82 Å². The lowest BCUT2D eigenvalue weighted by molar-refractivity contribution is -0.134. The quantitative estimate of drug-likeness (QED) is 0.759. The second kappa shape index (κ2) is 7.53. The third-order valence-corrected chi connectivity index (χ3v) is 3.03. The van der Waals surface area contributed by atoms with Crippen molar-refractivity contribution < 1.29 is 19.1 Å². The van der Waals surface area contributed by atoms with Crippen molar-refractivity contribution in [3.63, 3.8) is 0 Å². The van der Waals surface area contributed by atoms with Crippen molar-refractivity contribution >= 4 is 17.7 Å². The van der Waals surface area contributed by atoms with Crippen molar-refractivity contribution in [2.75, 3.05) is 45.3 Å². The Kier molecular flexibility index (Phi) is 5.44. The molecule has 0 spiro atoms. The Morgan fingerprint density at radius 1 is 1.43 bits per heavy atom. The number of rotatable bonds is 5. The molecule has 1 aliphatic heterocycles. The summed E-state index contributed by atoms with van der Waals surface area (Å²) in [4.78, 5) is 32.8. The van der Waals surface area contributed by atoms with E-state index in [0.717, 1.165) is 0 Å². The maximum atomic E-state index is 11.9. The Balaban J connectivity index is 1.80. The Morgan fingerprint density at radius 2 is 2.19 bits per heavy atom. The predicted molar refractivity (Wildman–Crippen MR) is 73.9 cm³/mol. The van der Waals surface area contributed by atoms with E-state index in [1.165, 1.54) is 13.3 Å². The normalized spacial score (nSPS) is 14.6. The van der Waals surface area contributed by atoms with Gasteiger partial charge in [-0.3, -0.25) is 4.79 Å². The van der Waals surface area contributed by atoms with E-state index in [0.29, 0.717) is 45.1 Å². The highest BCUT2D eigenvalue weighted by molar-refractivity contribution is 5.85. The van der Waals surface area contributed by atoms with Gasteiger partial charge >= 0.3 is 5.97 Å². The zero-order chi connectivity index (χ0) is 15.1. The van der Waals surface area contributed by atoms with Crippen molar-refractivity contribution in [3.05, 3.63) is 18.1 Å². The van der Waals surface area contributed by atoms with Crippen LogP contribution in [0.3, 0.4) is 0 Å². The molecule has 2 rings (SSSR count). The van der Waals surface area contributed by atoms with Gasteiger partial charge < -0.3 is 19.7 Å². The zero-order valence-electron chi connectivity index (χ0n) is 11.9. The summed E-state index contributed by atoms with van der Waals surface area (Å²) in [6.07, 6.45) is 1.82. The van der Waals surface area contributed by atoms with Crippen molar-refractivity contribution in [3.8, 4) is 0 Å². The third kappa shape index (κ3) is 4.38. The first-order valence-electron chi connectivity index (χ1n) is 6.71. The third-order valence-electron chi connectivity index (χ3n) is 3.03. The number of ether oxygens (including phenoxy) is 2. The lowest BCUT2D eigenvalue weighted by atomic mass is 10.3. The monoisotopic (exact) mass is 294 g/mol. The van der Waals surface area contributed by atoms with Crippen LogP contribution in [0.15, 0.2) is 12.3 Å². The van der Waals surface area contributed by atoms with Crippen LogP contribution in [0.4, 0.5) is 5.82 Å². The van der Waals surface area contributed by atoms with Crippen molar-refractivity contribution in [1.29, 1.82) is 0 Å². The summed E-state index contributed by atoms with van der Waals surface area (Å²) in [6.45, 7) is 2.90. The molecule has 1 aliphatic rings. The number of aromatic nitrogens is 2. The number of hydrogen-bond acceptors (Lipinski definition) is 7. The average Bonchev–Trinajstić information content (AvgIpc) is 2.55. The number of nitrogens with zero attached hydrogens (tertiary/aromatic N) is 3. The summed E-state index contributed by atoms with van der Waals surface area (Å²) in [5.74, 6) is -0.0433. The number of morpholine rings is 1. The van der Waals surface area contributed by atoms with Gasteiger partial charge in [0.05, 0.1) is 20.3 Å². The highest BCUT2D eigenvalue weighted by Crippen LogP contribution is 2.04. The zero-order valence-corrected chi connectivity index (χ0v) is 11.9. The average molecular weight is 294 g/mol. The topological polar surface area (TPSA) is 93.6 Å². The van der Waals surface area contributed by atoms with Crippen LogP contribution in [0, 0.1) is 0 Å². The highest BCUT2D eigenvalue weighted by Gasteiger charge is 2.16. The van der Waals surface area contributed by atoms with E-state index < -0.39 is 5.97 Å². The molecule has 0 aliphatic carbocycles. The first-order valence-corrected chi connectivity index (χ1v) is 6.71. The second-order valence-electron chi connectivity index (χ2n) is 4.43. The van der Waals surface area contributed by atoms with Crippen LogP contribution in [-0.2, 0) is 14.3 Å². The Labute approximate surface area is 122 Å². The fourth-order valence-corrected chi connectivity index (χ4v) is 1.92. The number of methoxy groups -OCH3 is 1. The minimum atomic E-state index is -0.594. The molecule has 21 heavy (non-hydrogen) atoms. The number of esters is 1. The number of nitrogens with one attached hydrogen (secondary N) is 1. The summed E-state index contributed by atoms with van der Waals surface area (Å²) in [5.41, 5.74) is 0. The molecule has 1 N–H and O–H groups in total. The van der Waals surface area contributed by atoms with E-state index in [1.807, 2.05) is 0 Å².